The van der Waals surface area contributed by atoms with Gasteiger partial charge < -0.3 is 4.74 Å². The van der Waals surface area contributed by atoms with Gasteiger partial charge in [-0.25, -0.2) is 4.98 Å². The van der Waals surface area contributed by atoms with E-state index in [9.17, 15) is 0 Å². The van der Waals surface area contributed by atoms with Gasteiger partial charge in [0.2, 0.25) is 11.7 Å². The lowest BCUT2D eigenvalue weighted by Gasteiger charge is -2.05. The molecule has 0 fully saturated rings. The molecule has 0 amide bonds. The molecule has 0 aliphatic carbocycles. The molecule has 7 heteroatoms. The van der Waals surface area contributed by atoms with Gasteiger partial charge in [-0.05, 0) is 41.1 Å². The smallest absolute Gasteiger partial charge is 0.223 e. The second-order valence-corrected chi connectivity index (χ2v) is 5.26. The van der Waals surface area contributed by atoms with Crippen molar-refractivity contribution in [2.45, 2.75) is 0 Å². The molecule has 0 aliphatic rings. The quantitative estimate of drug-likeness (QED) is 0.572. The van der Waals surface area contributed by atoms with Crippen LogP contribution in [0.5, 0.6) is 5.88 Å². The molecule has 0 saturated carbocycles. The highest BCUT2D eigenvalue weighted by Crippen LogP contribution is 2.22. The van der Waals surface area contributed by atoms with Gasteiger partial charge in [0.05, 0.1) is 12.8 Å². The summed E-state index contributed by atoms with van der Waals surface area (Å²) in [6.07, 6.45) is 3.47. The number of benzene rings is 1. The number of tetrazole rings is 1. The van der Waals surface area contributed by atoms with Crippen molar-refractivity contribution in [3.8, 4) is 34.2 Å². The molecule has 1 aromatic carbocycles. The number of pyridine rings is 2. The first-order valence-electron chi connectivity index (χ1n) is 7.66. The van der Waals surface area contributed by atoms with Crippen LogP contribution in [-0.2, 0) is 0 Å². The molecule has 3 heterocycles. The first-order valence-corrected chi connectivity index (χ1v) is 7.66. The molecule has 0 unspecified atom stereocenters. The lowest BCUT2D eigenvalue weighted by molar-refractivity contribution is 0.398. The summed E-state index contributed by atoms with van der Waals surface area (Å²) in [5.74, 6) is 1.06. The molecule has 4 rings (SSSR count). The van der Waals surface area contributed by atoms with Crippen LogP contribution >= 0.6 is 0 Å². The highest BCUT2D eigenvalue weighted by atomic mass is 16.5. The molecule has 0 radical (unpaired) electrons. The lowest BCUT2D eigenvalue weighted by Crippen LogP contribution is -1.99. The first-order chi connectivity index (χ1) is 12.3. The van der Waals surface area contributed by atoms with Gasteiger partial charge in [-0.1, -0.05) is 18.2 Å². The molecular formula is C18H14N6O. The average molecular weight is 330 g/mol. The third-order valence-electron chi connectivity index (χ3n) is 3.66. The van der Waals surface area contributed by atoms with Gasteiger partial charge in [0.25, 0.3) is 0 Å². The van der Waals surface area contributed by atoms with Crippen molar-refractivity contribution in [1.29, 1.82) is 0 Å². The Kier molecular flexibility index (Phi) is 3.88. The van der Waals surface area contributed by atoms with Crippen LogP contribution in [0.25, 0.3) is 28.3 Å². The third-order valence-corrected chi connectivity index (χ3v) is 3.66. The molecular weight excluding hydrogens is 316 g/mol. The van der Waals surface area contributed by atoms with E-state index in [2.05, 4.69) is 25.4 Å². The SMILES string of the molecule is COc1ccc(-c2cccc(-n3nnc(-c4ccccn4)n3)c2)cn1. The van der Waals surface area contributed by atoms with Crippen molar-refractivity contribution < 1.29 is 4.74 Å². The Bertz CT molecular complexity index is 982. The second kappa shape index (κ2) is 6.48. The van der Waals surface area contributed by atoms with Crippen molar-refractivity contribution in [2.75, 3.05) is 7.11 Å². The largest absolute Gasteiger partial charge is 0.481 e. The summed E-state index contributed by atoms with van der Waals surface area (Å²) in [6, 6.07) is 17.2. The maximum absolute atomic E-state index is 5.09. The monoisotopic (exact) mass is 330 g/mol. The van der Waals surface area contributed by atoms with Crippen molar-refractivity contribution in [3.05, 3.63) is 67.0 Å². The Balaban J connectivity index is 1.66. The highest BCUT2D eigenvalue weighted by Gasteiger charge is 2.09. The van der Waals surface area contributed by atoms with Gasteiger partial charge in [0, 0.05) is 24.0 Å². The van der Waals surface area contributed by atoms with Crippen LogP contribution in [-0.4, -0.2) is 37.3 Å². The van der Waals surface area contributed by atoms with Crippen molar-refractivity contribution in [2.24, 2.45) is 0 Å². The molecule has 3 aromatic heterocycles. The summed E-state index contributed by atoms with van der Waals surface area (Å²) in [5, 5.41) is 12.6. The minimum atomic E-state index is 0.483. The van der Waals surface area contributed by atoms with Crippen LogP contribution in [0.1, 0.15) is 0 Å². The van der Waals surface area contributed by atoms with Crippen LogP contribution < -0.4 is 4.74 Å². The highest BCUT2D eigenvalue weighted by molar-refractivity contribution is 5.65. The molecule has 122 valence electrons. The maximum atomic E-state index is 5.09. The van der Waals surface area contributed by atoms with Crippen molar-refractivity contribution >= 4 is 0 Å². The summed E-state index contributed by atoms with van der Waals surface area (Å²) in [4.78, 5) is 9.97. The summed E-state index contributed by atoms with van der Waals surface area (Å²) in [6.45, 7) is 0. The van der Waals surface area contributed by atoms with E-state index in [0.717, 1.165) is 16.8 Å². The summed E-state index contributed by atoms with van der Waals surface area (Å²) in [5.41, 5.74) is 3.48. The summed E-state index contributed by atoms with van der Waals surface area (Å²) < 4.78 is 5.09. The van der Waals surface area contributed by atoms with E-state index in [4.69, 9.17) is 4.74 Å². The van der Waals surface area contributed by atoms with Crippen LogP contribution in [0.4, 0.5) is 0 Å². The minimum absolute atomic E-state index is 0.483. The fraction of sp³-hybridized carbons (Fsp3) is 0.0556. The Morgan fingerprint density at radius 3 is 2.64 bits per heavy atom. The van der Waals surface area contributed by atoms with E-state index in [1.165, 1.54) is 4.80 Å². The molecule has 0 aliphatic heterocycles. The van der Waals surface area contributed by atoms with Gasteiger partial charge in [-0.3, -0.25) is 4.98 Å². The van der Waals surface area contributed by atoms with Crippen LogP contribution in [0.2, 0.25) is 0 Å². The number of aromatic nitrogens is 6. The number of hydrogen-bond acceptors (Lipinski definition) is 6. The topological polar surface area (TPSA) is 78.6 Å². The average Bonchev–Trinajstić information content (AvgIpc) is 3.19. The molecule has 0 N–H and O–H groups in total. The Morgan fingerprint density at radius 1 is 0.920 bits per heavy atom. The zero-order valence-electron chi connectivity index (χ0n) is 13.4. The van der Waals surface area contributed by atoms with Crippen LogP contribution in [0.15, 0.2) is 67.0 Å². The molecule has 0 atom stereocenters. The molecule has 0 spiro atoms. The normalized spacial score (nSPS) is 10.6. The molecule has 0 saturated heterocycles. The molecule has 7 nitrogen and oxygen atoms in total. The van der Waals surface area contributed by atoms with E-state index in [-0.39, 0.29) is 0 Å². The standard InChI is InChI=1S/C18H14N6O/c1-25-17-9-8-14(12-20-17)13-5-4-6-15(11-13)24-22-18(21-23-24)16-7-2-3-10-19-16/h2-12H,1H3. The second-order valence-electron chi connectivity index (χ2n) is 5.26. The van der Waals surface area contributed by atoms with Crippen LogP contribution in [0.3, 0.4) is 0 Å². The van der Waals surface area contributed by atoms with Gasteiger partial charge in [0.15, 0.2) is 0 Å². The van der Waals surface area contributed by atoms with E-state index in [1.807, 2.05) is 54.6 Å². The minimum Gasteiger partial charge on any atom is -0.481 e. The predicted molar refractivity (Wildman–Crippen MR) is 92.2 cm³/mol. The number of nitrogens with zero attached hydrogens (tertiary/aromatic N) is 6. The van der Waals surface area contributed by atoms with Gasteiger partial charge in [-0.15, -0.1) is 15.0 Å². The van der Waals surface area contributed by atoms with E-state index >= 15 is 0 Å². The Labute approximate surface area is 144 Å². The van der Waals surface area contributed by atoms with Crippen molar-refractivity contribution in [1.82, 2.24) is 30.2 Å². The van der Waals surface area contributed by atoms with Crippen molar-refractivity contribution in [3.63, 3.8) is 0 Å². The van der Waals surface area contributed by atoms with Crippen LogP contribution in [0, 0.1) is 0 Å². The number of ether oxygens (including phenoxy) is 1. The molecule has 0 bridgehead atoms. The number of hydrogen-bond donors (Lipinski definition) is 0. The fourth-order valence-electron chi connectivity index (χ4n) is 2.40. The van der Waals surface area contributed by atoms with Gasteiger partial charge in [0.1, 0.15) is 5.69 Å². The predicted octanol–water partition coefficient (Wildman–Crippen LogP) is 2.79. The van der Waals surface area contributed by atoms with Gasteiger partial charge >= 0.3 is 0 Å². The zero-order valence-corrected chi connectivity index (χ0v) is 13.4. The third kappa shape index (κ3) is 3.07. The number of rotatable bonds is 4. The van der Waals surface area contributed by atoms with Gasteiger partial charge in [-0.2, -0.15) is 0 Å². The van der Waals surface area contributed by atoms with E-state index in [1.54, 1.807) is 19.5 Å². The summed E-state index contributed by atoms with van der Waals surface area (Å²) in [7, 11) is 1.60. The maximum Gasteiger partial charge on any atom is 0.223 e. The molecule has 25 heavy (non-hydrogen) atoms. The fourth-order valence-corrected chi connectivity index (χ4v) is 2.40. The zero-order chi connectivity index (χ0) is 17.1. The number of methoxy groups -OCH3 is 1. The lowest BCUT2D eigenvalue weighted by atomic mass is 10.1. The summed E-state index contributed by atoms with van der Waals surface area (Å²) >= 11 is 0. The van der Waals surface area contributed by atoms with E-state index in [0.29, 0.717) is 17.4 Å². The van der Waals surface area contributed by atoms with E-state index < -0.39 is 0 Å². The first kappa shape index (κ1) is 14.9. The Morgan fingerprint density at radius 2 is 1.88 bits per heavy atom. The Hall–Kier alpha value is -3.61. The molecule has 4 aromatic rings.